The minimum Gasteiger partial charge on any atom is -0.425 e. The van der Waals surface area contributed by atoms with Gasteiger partial charge in [-0.2, -0.15) is 13.2 Å². The van der Waals surface area contributed by atoms with Crippen LogP contribution >= 0.6 is 23.1 Å². The Morgan fingerprint density at radius 2 is 2.00 bits per heavy atom. The van der Waals surface area contributed by atoms with E-state index in [9.17, 15) is 22.8 Å². The Labute approximate surface area is 137 Å². The van der Waals surface area contributed by atoms with Crippen molar-refractivity contribution in [2.24, 2.45) is 0 Å². The highest BCUT2D eigenvalue weighted by Gasteiger charge is 2.41. The molecule has 0 spiro atoms. The van der Waals surface area contributed by atoms with Gasteiger partial charge in [-0.05, 0) is 20.8 Å². The van der Waals surface area contributed by atoms with Crippen molar-refractivity contribution in [2.75, 3.05) is 10.8 Å². The number of anilines is 1. The Hall–Kier alpha value is -1.56. The van der Waals surface area contributed by atoms with Crippen LogP contribution in [0.1, 0.15) is 25.8 Å². The van der Waals surface area contributed by atoms with E-state index >= 15 is 0 Å². The zero-order valence-electron chi connectivity index (χ0n) is 12.3. The summed E-state index contributed by atoms with van der Waals surface area (Å²) in [5.41, 5.74) is -1.67. The molecule has 23 heavy (non-hydrogen) atoms. The first-order chi connectivity index (χ1) is 10.5. The number of hydrogen-bond acceptors (Lipinski definition) is 7. The third-order valence-corrected chi connectivity index (χ3v) is 4.40. The molecule has 1 atom stereocenters. The summed E-state index contributed by atoms with van der Waals surface area (Å²) in [4.78, 5) is 24.8. The van der Waals surface area contributed by atoms with Crippen LogP contribution in [0.3, 0.4) is 0 Å². The fourth-order valence-corrected chi connectivity index (χ4v) is 3.27. The Kier molecular flexibility index (Phi) is 4.76. The number of halogens is 3. The van der Waals surface area contributed by atoms with E-state index in [2.05, 4.69) is 15.5 Å². The quantitative estimate of drug-likeness (QED) is 0.861. The Morgan fingerprint density at radius 1 is 1.35 bits per heavy atom. The van der Waals surface area contributed by atoms with Gasteiger partial charge >= 0.3 is 12.3 Å². The first-order valence-corrected chi connectivity index (χ1v) is 8.16. The van der Waals surface area contributed by atoms with E-state index in [1.54, 1.807) is 20.8 Å². The molecule has 128 valence electrons. The van der Waals surface area contributed by atoms with Crippen LogP contribution in [0.25, 0.3) is 0 Å². The lowest BCUT2D eigenvalue weighted by Crippen LogP contribution is -2.43. The molecular weight excluding hydrogens is 357 g/mol. The van der Waals surface area contributed by atoms with Gasteiger partial charge in [0.05, 0.1) is 5.88 Å². The lowest BCUT2D eigenvalue weighted by atomic mass is 10.1. The number of amides is 2. The van der Waals surface area contributed by atoms with Crippen molar-refractivity contribution in [1.29, 1.82) is 0 Å². The number of rotatable bonds is 2. The molecule has 0 aromatic carbocycles. The molecule has 12 heteroatoms. The van der Waals surface area contributed by atoms with Crippen LogP contribution in [0, 0.1) is 0 Å². The minimum atomic E-state index is -4.62. The molecule has 1 unspecified atom stereocenters. The Morgan fingerprint density at radius 3 is 2.52 bits per heavy atom. The molecule has 1 fully saturated rings. The summed E-state index contributed by atoms with van der Waals surface area (Å²) in [7, 11) is 0. The second-order valence-corrected chi connectivity index (χ2v) is 7.54. The number of ether oxygens (including phenoxy) is 1. The molecule has 1 saturated heterocycles. The molecular formula is C11H13F3N4O3S2. The standard InChI is InChI=1S/C11H13F3N4O3S2/c1-10(2,3)15-9(20)21-6-5(19)18(4-22-6)8-17-16-7(23-8)11(12,13)14/h6H,4H2,1-3H3,(H,15,20). The van der Waals surface area contributed by atoms with Crippen LogP contribution in [0.5, 0.6) is 0 Å². The SMILES string of the molecule is CC(C)(C)NC(=O)OC1SCN(c2nnc(C(F)(F)F)s2)C1=O. The summed E-state index contributed by atoms with van der Waals surface area (Å²) in [5.74, 6) is -0.623. The van der Waals surface area contributed by atoms with Gasteiger partial charge < -0.3 is 10.1 Å². The van der Waals surface area contributed by atoms with Gasteiger partial charge in [0.25, 0.3) is 5.91 Å². The van der Waals surface area contributed by atoms with Crippen molar-refractivity contribution in [3.63, 3.8) is 0 Å². The molecule has 2 rings (SSSR count). The van der Waals surface area contributed by atoms with Crippen molar-refractivity contribution < 1.29 is 27.5 Å². The predicted molar refractivity (Wildman–Crippen MR) is 78.0 cm³/mol. The first-order valence-electron chi connectivity index (χ1n) is 6.30. The number of nitrogens with zero attached hydrogens (tertiary/aromatic N) is 3. The van der Waals surface area contributed by atoms with Gasteiger partial charge in [-0.15, -0.1) is 10.2 Å². The summed E-state index contributed by atoms with van der Waals surface area (Å²) >= 11 is 1.24. The summed E-state index contributed by atoms with van der Waals surface area (Å²) in [5, 5.41) is 7.60. The van der Waals surface area contributed by atoms with Crippen LogP contribution in [-0.2, 0) is 15.7 Å². The van der Waals surface area contributed by atoms with Crippen molar-refractivity contribution >= 4 is 40.2 Å². The molecule has 0 saturated carbocycles. The highest BCUT2D eigenvalue weighted by Crippen LogP contribution is 2.37. The topological polar surface area (TPSA) is 84.4 Å². The molecule has 0 bridgehead atoms. The summed E-state index contributed by atoms with van der Waals surface area (Å²) in [6.45, 7) is 5.22. The molecule has 1 aliphatic rings. The maximum atomic E-state index is 12.5. The first kappa shape index (κ1) is 17.8. The van der Waals surface area contributed by atoms with Gasteiger partial charge in [0, 0.05) is 5.54 Å². The number of carbonyl (C=O) groups is 2. The van der Waals surface area contributed by atoms with Gasteiger partial charge in [0.15, 0.2) is 0 Å². The Balaban J connectivity index is 2.02. The van der Waals surface area contributed by atoms with Crippen molar-refractivity contribution in [3.8, 4) is 0 Å². The van der Waals surface area contributed by atoms with E-state index in [1.165, 1.54) is 0 Å². The highest BCUT2D eigenvalue weighted by molar-refractivity contribution is 8.01. The van der Waals surface area contributed by atoms with Crippen LogP contribution in [0.2, 0.25) is 0 Å². The maximum Gasteiger partial charge on any atom is 0.445 e. The lowest BCUT2D eigenvalue weighted by molar-refractivity contribution is -0.138. The van der Waals surface area contributed by atoms with Gasteiger partial charge in [0.1, 0.15) is 0 Å². The zero-order valence-corrected chi connectivity index (χ0v) is 13.9. The molecule has 1 aromatic rings. The van der Waals surface area contributed by atoms with Crippen LogP contribution in [-0.4, -0.2) is 39.0 Å². The predicted octanol–water partition coefficient (Wildman–Crippen LogP) is 2.45. The van der Waals surface area contributed by atoms with Crippen LogP contribution in [0.15, 0.2) is 0 Å². The monoisotopic (exact) mass is 370 g/mol. The molecule has 1 aliphatic heterocycles. The van der Waals surface area contributed by atoms with Gasteiger partial charge in [-0.1, -0.05) is 23.1 Å². The summed E-state index contributed by atoms with van der Waals surface area (Å²) < 4.78 is 42.5. The average molecular weight is 370 g/mol. The summed E-state index contributed by atoms with van der Waals surface area (Å²) in [6, 6.07) is 0. The number of alkyl carbamates (subject to hydrolysis) is 1. The fraction of sp³-hybridized carbons (Fsp3) is 0.636. The lowest BCUT2D eigenvalue weighted by Gasteiger charge is -2.21. The number of thioether (sulfide) groups is 1. The minimum absolute atomic E-state index is 0.0266. The zero-order chi connectivity index (χ0) is 17.4. The van der Waals surface area contributed by atoms with Gasteiger partial charge in [0.2, 0.25) is 15.6 Å². The smallest absolute Gasteiger partial charge is 0.425 e. The van der Waals surface area contributed by atoms with E-state index in [-0.39, 0.29) is 22.3 Å². The van der Waals surface area contributed by atoms with Crippen LogP contribution < -0.4 is 10.2 Å². The molecule has 1 N–H and O–H groups in total. The third-order valence-electron chi connectivity index (χ3n) is 2.40. The average Bonchev–Trinajstić information content (AvgIpc) is 2.94. The normalized spacial score (nSPS) is 19.1. The van der Waals surface area contributed by atoms with E-state index < -0.39 is 34.2 Å². The van der Waals surface area contributed by atoms with E-state index in [0.29, 0.717) is 0 Å². The second kappa shape index (κ2) is 6.15. The van der Waals surface area contributed by atoms with Crippen LogP contribution in [0.4, 0.5) is 23.1 Å². The number of aromatic nitrogens is 2. The molecule has 0 radical (unpaired) electrons. The van der Waals surface area contributed by atoms with E-state index in [0.717, 1.165) is 16.7 Å². The largest absolute Gasteiger partial charge is 0.445 e. The molecule has 2 amide bonds. The number of alkyl halides is 3. The van der Waals surface area contributed by atoms with Crippen molar-refractivity contribution in [1.82, 2.24) is 15.5 Å². The van der Waals surface area contributed by atoms with E-state index in [4.69, 9.17) is 4.74 Å². The van der Waals surface area contributed by atoms with Crippen molar-refractivity contribution in [2.45, 2.75) is 37.9 Å². The Bertz CT molecular complexity index is 614. The summed E-state index contributed by atoms with van der Waals surface area (Å²) in [6.07, 6.45) is -5.40. The van der Waals surface area contributed by atoms with Gasteiger partial charge in [-0.3, -0.25) is 9.69 Å². The van der Waals surface area contributed by atoms with Crippen molar-refractivity contribution in [3.05, 3.63) is 5.01 Å². The fourth-order valence-electron chi connectivity index (χ4n) is 1.51. The van der Waals surface area contributed by atoms with Gasteiger partial charge in [-0.25, -0.2) is 4.79 Å². The maximum absolute atomic E-state index is 12.5. The third kappa shape index (κ3) is 4.47. The molecule has 7 nitrogen and oxygen atoms in total. The second-order valence-electron chi connectivity index (χ2n) is 5.56. The van der Waals surface area contributed by atoms with E-state index in [1.807, 2.05) is 0 Å². The highest BCUT2D eigenvalue weighted by atomic mass is 32.2. The molecule has 2 heterocycles. The molecule has 1 aromatic heterocycles. The molecule has 0 aliphatic carbocycles. The number of nitrogens with one attached hydrogen (secondary N) is 1. The number of hydrogen-bond donors (Lipinski definition) is 1. The number of carbonyl (C=O) groups excluding carboxylic acids is 2.